The molecule has 2 bridgehead atoms. The molecule has 1 spiro atoms. The Kier molecular flexibility index (Phi) is 2.23. The Morgan fingerprint density at radius 3 is 2.50 bits per heavy atom. The van der Waals surface area contributed by atoms with Crippen molar-refractivity contribution in [3.8, 4) is 0 Å². The van der Waals surface area contributed by atoms with Crippen LogP contribution in [0.3, 0.4) is 0 Å². The SMILES string of the molecule is CC1(C)C2CC[C@@]13CS(=O)(=O)N(C(=O)[C@H]1C[C@@H]1N)[C@H]3C2. The van der Waals surface area contributed by atoms with E-state index in [2.05, 4.69) is 13.8 Å². The second-order valence-corrected chi connectivity index (χ2v) is 9.61. The van der Waals surface area contributed by atoms with Crippen LogP contribution in [0.2, 0.25) is 0 Å². The number of nitrogens with two attached hydrogens (primary N) is 1. The molecule has 1 heterocycles. The number of hydrogen-bond donors (Lipinski definition) is 1. The molecule has 0 aromatic carbocycles. The van der Waals surface area contributed by atoms with Crippen LogP contribution in [-0.2, 0) is 14.8 Å². The maximum atomic E-state index is 12.6. The van der Waals surface area contributed by atoms with Gasteiger partial charge in [-0.05, 0) is 37.0 Å². The zero-order chi connectivity index (χ0) is 14.5. The van der Waals surface area contributed by atoms with Crippen LogP contribution in [0.15, 0.2) is 0 Å². The number of carbonyl (C=O) groups excluding carboxylic acids is 1. The molecule has 1 saturated heterocycles. The highest BCUT2D eigenvalue weighted by molar-refractivity contribution is 7.90. The van der Waals surface area contributed by atoms with Crippen molar-refractivity contribution in [1.29, 1.82) is 0 Å². The minimum absolute atomic E-state index is 0.0193. The Balaban J connectivity index is 1.77. The first-order chi connectivity index (χ1) is 9.21. The fraction of sp³-hybridized carbons (Fsp3) is 0.929. The molecule has 1 unspecified atom stereocenters. The van der Waals surface area contributed by atoms with E-state index in [9.17, 15) is 13.2 Å². The number of fused-ring (bicyclic) bond motifs is 1. The summed E-state index contributed by atoms with van der Waals surface area (Å²) in [4.78, 5) is 12.5. The molecule has 6 heteroatoms. The van der Waals surface area contributed by atoms with Crippen molar-refractivity contribution in [1.82, 2.24) is 4.31 Å². The van der Waals surface area contributed by atoms with E-state index in [4.69, 9.17) is 5.73 Å². The van der Waals surface area contributed by atoms with E-state index in [1.807, 2.05) is 0 Å². The lowest BCUT2D eigenvalue weighted by atomic mass is 9.69. The van der Waals surface area contributed by atoms with Gasteiger partial charge in [0.15, 0.2) is 0 Å². The van der Waals surface area contributed by atoms with Crippen LogP contribution >= 0.6 is 0 Å². The third kappa shape index (κ3) is 1.28. The van der Waals surface area contributed by atoms with E-state index < -0.39 is 10.0 Å². The quantitative estimate of drug-likeness (QED) is 0.773. The summed E-state index contributed by atoms with van der Waals surface area (Å²) < 4.78 is 26.4. The molecule has 0 radical (unpaired) electrons. The predicted molar refractivity (Wildman–Crippen MR) is 74.1 cm³/mol. The first-order valence-corrected chi connectivity index (χ1v) is 9.13. The van der Waals surface area contributed by atoms with E-state index in [0.29, 0.717) is 12.3 Å². The third-order valence-corrected chi connectivity index (χ3v) is 8.70. The molecule has 0 aromatic heterocycles. The van der Waals surface area contributed by atoms with Crippen molar-refractivity contribution < 1.29 is 13.2 Å². The molecule has 2 N–H and O–H groups in total. The number of hydrogen-bond acceptors (Lipinski definition) is 4. The van der Waals surface area contributed by atoms with Crippen LogP contribution in [0.1, 0.15) is 39.5 Å². The molecule has 3 saturated carbocycles. The van der Waals surface area contributed by atoms with E-state index >= 15 is 0 Å². The van der Waals surface area contributed by atoms with Gasteiger partial charge in [-0.1, -0.05) is 13.8 Å². The summed E-state index contributed by atoms with van der Waals surface area (Å²) in [5.41, 5.74) is 5.55. The first kappa shape index (κ1) is 13.1. The summed E-state index contributed by atoms with van der Waals surface area (Å²) in [6.07, 6.45) is 3.52. The molecule has 1 amide bonds. The van der Waals surface area contributed by atoms with Gasteiger partial charge in [-0.15, -0.1) is 0 Å². The molecule has 20 heavy (non-hydrogen) atoms. The predicted octanol–water partition coefficient (Wildman–Crippen LogP) is 0.701. The van der Waals surface area contributed by atoms with Gasteiger partial charge in [0.05, 0.1) is 17.7 Å². The van der Waals surface area contributed by atoms with Crippen molar-refractivity contribution in [3.05, 3.63) is 0 Å². The molecule has 3 aliphatic carbocycles. The fourth-order valence-electron chi connectivity index (χ4n) is 5.24. The fourth-order valence-corrected chi connectivity index (χ4v) is 7.83. The standard InChI is InChI=1S/C14H22N2O3S/c1-13(2)8-3-4-14(13)7-20(18,19)16(11(14)5-8)12(17)9-6-10(9)15/h8-11H,3-7,15H2,1-2H3/t8?,9-,10-,11-,14-/m0/s1. The zero-order valence-corrected chi connectivity index (χ0v) is 12.8. The minimum Gasteiger partial charge on any atom is -0.327 e. The summed E-state index contributed by atoms with van der Waals surface area (Å²) in [5, 5.41) is 0. The highest BCUT2D eigenvalue weighted by atomic mass is 32.2. The maximum absolute atomic E-state index is 12.6. The van der Waals surface area contributed by atoms with Crippen LogP contribution in [-0.4, -0.2) is 36.5 Å². The van der Waals surface area contributed by atoms with Crippen LogP contribution in [0.4, 0.5) is 0 Å². The Bertz CT molecular complexity index is 600. The van der Waals surface area contributed by atoms with Gasteiger partial charge in [-0.25, -0.2) is 12.7 Å². The lowest BCUT2D eigenvalue weighted by Gasteiger charge is -2.37. The van der Waals surface area contributed by atoms with Gasteiger partial charge in [-0.2, -0.15) is 0 Å². The molecule has 112 valence electrons. The maximum Gasteiger partial charge on any atom is 0.241 e. The van der Waals surface area contributed by atoms with E-state index in [1.165, 1.54) is 4.31 Å². The summed E-state index contributed by atoms with van der Waals surface area (Å²) in [7, 11) is -3.46. The molecule has 4 rings (SSSR count). The third-order valence-electron chi connectivity index (χ3n) is 6.79. The lowest BCUT2D eigenvalue weighted by Crippen LogP contribution is -2.45. The average molecular weight is 298 g/mol. The van der Waals surface area contributed by atoms with Gasteiger partial charge < -0.3 is 5.73 Å². The van der Waals surface area contributed by atoms with Crippen LogP contribution in [0, 0.1) is 22.7 Å². The van der Waals surface area contributed by atoms with Crippen LogP contribution < -0.4 is 5.73 Å². The number of rotatable bonds is 1. The van der Waals surface area contributed by atoms with Crippen LogP contribution in [0.5, 0.6) is 0 Å². The van der Waals surface area contributed by atoms with Crippen LogP contribution in [0.25, 0.3) is 0 Å². The van der Waals surface area contributed by atoms with Gasteiger partial charge in [0.1, 0.15) is 0 Å². The monoisotopic (exact) mass is 298 g/mol. The number of amides is 1. The molecule has 4 fully saturated rings. The van der Waals surface area contributed by atoms with Gasteiger partial charge in [0, 0.05) is 11.5 Å². The van der Waals surface area contributed by atoms with E-state index in [0.717, 1.165) is 19.3 Å². The zero-order valence-electron chi connectivity index (χ0n) is 12.0. The summed E-state index contributed by atoms with van der Waals surface area (Å²) in [5.74, 6) is 0.207. The molecule has 4 aliphatic rings. The van der Waals surface area contributed by atoms with Crippen molar-refractivity contribution in [2.45, 2.75) is 51.6 Å². The number of carbonyl (C=O) groups is 1. The number of nitrogens with zero attached hydrogens (tertiary/aromatic N) is 1. The Hall–Kier alpha value is -0.620. The van der Waals surface area contributed by atoms with Gasteiger partial charge in [-0.3, -0.25) is 4.79 Å². The van der Waals surface area contributed by atoms with Crippen molar-refractivity contribution in [2.24, 2.45) is 28.4 Å². The van der Waals surface area contributed by atoms with Gasteiger partial charge in [0.25, 0.3) is 0 Å². The number of sulfonamides is 1. The molecular formula is C14H22N2O3S. The average Bonchev–Trinajstić information content (AvgIpc) is 2.88. The topological polar surface area (TPSA) is 80.5 Å². The van der Waals surface area contributed by atoms with Crippen molar-refractivity contribution >= 4 is 15.9 Å². The van der Waals surface area contributed by atoms with Gasteiger partial charge in [0.2, 0.25) is 15.9 Å². The lowest BCUT2D eigenvalue weighted by molar-refractivity contribution is -0.130. The molecule has 0 aromatic rings. The molecule has 5 atom stereocenters. The van der Waals surface area contributed by atoms with E-state index in [1.54, 1.807) is 0 Å². The molecule has 1 aliphatic heterocycles. The van der Waals surface area contributed by atoms with E-state index in [-0.39, 0.29) is 40.5 Å². The van der Waals surface area contributed by atoms with Crippen molar-refractivity contribution in [3.63, 3.8) is 0 Å². The normalized spacial score (nSPS) is 50.2. The summed E-state index contributed by atoms with van der Waals surface area (Å²) in [6.45, 7) is 4.38. The largest absolute Gasteiger partial charge is 0.327 e. The summed E-state index contributed by atoms with van der Waals surface area (Å²) >= 11 is 0. The Morgan fingerprint density at radius 2 is 1.95 bits per heavy atom. The highest BCUT2D eigenvalue weighted by Gasteiger charge is 2.72. The second kappa shape index (κ2) is 3.40. The highest BCUT2D eigenvalue weighted by Crippen LogP contribution is 2.70. The molecule has 5 nitrogen and oxygen atoms in total. The first-order valence-electron chi connectivity index (χ1n) is 7.52. The molecular weight excluding hydrogens is 276 g/mol. The van der Waals surface area contributed by atoms with Gasteiger partial charge >= 0.3 is 0 Å². The minimum atomic E-state index is -3.46. The smallest absolute Gasteiger partial charge is 0.241 e. The Morgan fingerprint density at radius 1 is 1.30 bits per heavy atom. The van der Waals surface area contributed by atoms with Crippen molar-refractivity contribution in [2.75, 3.05) is 5.75 Å². The second-order valence-electron chi connectivity index (χ2n) is 7.76. The Labute approximate surface area is 119 Å². The summed E-state index contributed by atoms with van der Waals surface area (Å²) in [6, 6.07) is -0.248.